The highest BCUT2D eigenvalue weighted by Crippen LogP contribution is 2.18. The van der Waals surface area contributed by atoms with Gasteiger partial charge in [-0.05, 0) is 49.4 Å². The van der Waals surface area contributed by atoms with Crippen molar-refractivity contribution in [2.75, 3.05) is 33.9 Å². The molecule has 1 amide bonds. The summed E-state index contributed by atoms with van der Waals surface area (Å²) in [7, 11) is -1.05. The molecule has 2 aromatic rings. The van der Waals surface area contributed by atoms with Crippen molar-refractivity contribution in [3.05, 3.63) is 53.8 Å². The molecule has 0 aliphatic heterocycles. The number of carbonyl (C=O) groups excluding carboxylic acids is 1. The molecule has 9 heteroatoms. The number of rotatable bonds is 9. The Hall–Kier alpha value is -2.65. The normalized spacial score (nSPS) is 11.3. The molecule has 7 nitrogen and oxygen atoms in total. The zero-order chi connectivity index (χ0) is 20.7. The summed E-state index contributed by atoms with van der Waals surface area (Å²) >= 11 is 0. The topological polar surface area (TPSA) is 84.9 Å². The van der Waals surface area contributed by atoms with Crippen molar-refractivity contribution in [3.8, 4) is 11.5 Å². The van der Waals surface area contributed by atoms with Crippen molar-refractivity contribution in [2.24, 2.45) is 0 Å². The molecule has 2 aromatic carbocycles. The molecule has 0 aliphatic carbocycles. The van der Waals surface area contributed by atoms with Gasteiger partial charge in [0.05, 0.1) is 23.6 Å². The lowest BCUT2D eigenvalue weighted by Gasteiger charge is -2.13. The Morgan fingerprint density at radius 2 is 1.68 bits per heavy atom. The van der Waals surface area contributed by atoms with Crippen LogP contribution in [0.4, 0.5) is 4.39 Å². The zero-order valence-electron chi connectivity index (χ0n) is 15.9. The summed E-state index contributed by atoms with van der Waals surface area (Å²) in [6.07, 6.45) is 0. The van der Waals surface area contributed by atoms with Crippen LogP contribution in [0.2, 0.25) is 0 Å². The molecule has 0 saturated heterocycles. The van der Waals surface area contributed by atoms with Gasteiger partial charge in [0.15, 0.2) is 0 Å². The number of amides is 1. The average Bonchev–Trinajstić information content (AvgIpc) is 2.66. The molecule has 0 fully saturated rings. The van der Waals surface area contributed by atoms with Gasteiger partial charge in [0.2, 0.25) is 10.0 Å². The fourth-order valence-corrected chi connectivity index (χ4v) is 3.21. The molecule has 0 aromatic heterocycles. The maximum absolute atomic E-state index is 14.0. The summed E-state index contributed by atoms with van der Waals surface area (Å²) in [6.45, 7) is 2.74. The van der Waals surface area contributed by atoms with E-state index in [9.17, 15) is 17.6 Å². The Morgan fingerprint density at radius 1 is 1.07 bits per heavy atom. The highest BCUT2D eigenvalue weighted by Gasteiger charge is 2.21. The minimum Gasteiger partial charge on any atom is -0.494 e. The number of sulfonamides is 1. The molecule has 152 valence electrons. The predicted octanol–water partition coefficient (Wildman–Crippen LogP) is 2.28. The monoisotopic (exact) mass is 410 g/mol. The lowest BCUT2D eigenvalue weighted by molar-refractivity contribution is 0.0942. The third-order valence-corrected chi connectivity index (χ3v) is 5.56. The summed E-state index contributed by atoms with van der Waals surface area (Å²) in [5.74, 6) is -0.194. The maximum atomic E-state index is 14.0. The SMILES string of the molecule is CCOc1ccc(OCCNC(=O)c2cc(S(=O)(=O)N(C)C)ccc2F)cc1. The smallest absolute Gasteiger partial charge is 0.254 e. The second kappa shape index (κ2) is 9.52. The quantitative estimate of drug-likeness (QED) is 0.641. The number of halogens is 1. The molecular weight excluding hydrogens is 387 g/mol. The van der Waals surface area contributed by atoms with Crippen molar-refractivity contribution < 1.29 is 27.1 Å². The molecule has 28 heavy (non-hydrogen) atoms. The van der Waals surface area contributed by atoms with Crippen molar-refractivity contribution in [1.29, 1.82) is 0 Å². The van der Waals surface area contributed by atoms with Crippen LogP contribution < -0.4 is 14.8 Å². The Labute approximate surface area is 164 Å². The minimum atomic E-state index is -3.77. The summed E-state index contributed by atoms with van der Waals surface area (Å²) in [6, 6.07) is 10.1. The van der Waals surface area contributed by atoms with Gasteiger partial charge in [0, 0.05) is 14.1 Å². The number of hydrogen-bond donors (Lipinski definition) is 1. The number of nitrogens with zero attached hydrogens (tertiary/aromatic N) is 1. The van der Waals surface area contributed by atoms with Crippen molar-refractivity contribution in [1.82, 2.24) is 9.62 Å². The number of benzene rings is 2. The van der Waals surface area contributed by atoms with E-state index in [1.54, 1.807) is 24.3 Å². The number of ether oxygens (including phenoxy) is 2. The van der Waals surface area contributed by atoms with E-state index in [0.717, 1.165) is 28.3 Å². The average molecular weight is 410 g/mol. The van der Waals surface area contributed by atoms with Crippen molar-refractivity contribution >= 4 is 15.9 Å². The molecule has 0 heterocycles. The van der Waals surface area contributed by atoms with E-state index >= 15 is 0 Å². The van der Waals surface area contributed by atoms with Crippen LogP contribution in [0.3, 0.4) is 0 Å². The van der Waals surface area contributed by atoms with Crippen LogP contribution in [0.15, 0.2) is 47.4 Å². The lowest BCUT2D eigenvalue weighted by Crippen LogP contribution is -2.29. The van der Waals surface area contributed by atoms with Gasteiger partial charge in [-0.3, -0.25) is 4.79 Å². The van der Waals surface area contributed by atoms with E-state index in [4.69, 9.17) is 9.47 Å². The Morgan fingerprint density at radius 3 is 2.25 bits per heavy atom. The van der Waals surface area contributed by atoms with Gasteiger partial charge >= 0.3 is 0 Å². The van der Waals surface area contributed by atoms with Gasteiger partial charge in [-0.2, -0.15) is 0 Å². The largest absolute Gasteiger partial charge is 0.494 e. The molecule has 0 radical (unpaired) electrons. The van der Waals surface area contributed by atoms with Crippen LogP contribution in [0, 0.1) is 5.82 Å². The summed E-state index contributed by atoms with van der Waals surface area (Å²) < 4.78 is 50.1. The third kappa shape index (κ3) is 5.43. The first-order valence-corrected chi connectivity index (χ1v) is 10.1. The summed E-state index contributed by atoms with van der Waals surface area (Å²) in [5.41, 5.74) is -0.344. The third-order valence-electron chi connectivity index (χ3n) is 3.75. The van der Waals surface area contributed by atoms with Crippen molar-refractivity contribution in [2.45, 2.75) is 11.8 Å². The maximum Gasteiger partial charge on any atom is 0.254 e. The number of hydrogen-bond acceptors (Lipinski definition) is 5. The second-order valence-electron chi connectivity index (χ2n) is 5.94. The first kappa shape index (κ1) is 21.6. The van der Waals surface area contributed by atoms with Gasteiger partial charge in [-0.15, -0.1) is 0 Å². The molecule has 0 saturated carbocycles. The van der Waals surface area contributed by atoms with Gasteiger partial charge in [-0.25, -0.2) is 17.1 Å². The zero-order valence-corrected chi connectivity index (χ0v) is 16.8. The molecule has 0 spiro atoms. The van der Waals surface area contributed by atoms with E-state index in [-0.39, 0.29) is 23.6 Å². The number of carbonyl (C=O) groups is 1. The Balaban J connectivity index is 1.94. The fraction of sp³-hybridized carbons (Fsp3) is 0.316. The van der Waals surface area contributed by atoms with E-state index in [1.807, 2.05) is 6.92 Å². The highest BCUT2D eigenvalue weighted by molar-refractivity contribution is 7.89. The van der Waals surface area contributed by atoms with Crippen LogP contribution >= 0.6 is 0 Å². The Kier molecular flexibility index (Phi) is 7.36. The van der Waals surface area contributed by atoms with Crippen molar-refractivity contribution in [3.63, 3.8) is 0 Å². The van der Waals surface area contributed by atoms with Crippen LogP contribution in [0.5, 0.6) is 11.5 Å². The highest BCUT2D eigenvalue weighted by atomic mass is 32.2. The molecule has 2 rings (SSSR count). The van der Waals surface area contributed by atoms with Gasteiger partial charge in [-0.1, -0.05) is 0 Å². The first-order chi connectivity index (χ1) is 13.3. The minimum absolute atomic E-state index is 0.121. The molecule has 0 aliphatic rings. The summed E-state index contributed by atoms with van der Waals surface area (Å²) in [4.78, 5) is 12.1. The van der Waals surface area contributed by atoms with Gasteiger partial charge in [0.1, 0.15) is 23.9 Å². The van der Waals surface area contributed by atoms with E-state index < -0.39 is 21.7 Å². The predicted molar refractivity (Wildman–Crippen MR) is 103 cm³/mol. The Bertz CT molecular complexity index is 914. The standard InChI is InChI=1S/C19H23FN2O5S/c1-4-26-14-5-7-15(8-6-14)27-12-11-21-19(23)17-13-16(9-10-18(17)20)28(24,25)22(2)3/h5-10,13H,4,11-12H2,1-3H3,(H,21,23). The van der Waals surface area contributed by atoms with E-state index in [1.165, 1.54) is 14.1 Å². The summed E-state index contributed by atoms with van der Waals surface area (Å²) in [5, 5.41) is 2.51. The molecule has 1 N–H and O–H groups in total. The van der Waals surface area contributed by atoms with Crippen LogP contribution in [-0.2, 0) is 10.0 Å². The van der Waals surface area contributed by atoms with Crippen LogP contribution in [0.25, 0.3) is 0 Å². The molecule has 0 atom stereocenters. The van der Waals surface area contributed by atoms with E-state index in [0.29, 0.717) is 12.4 Å². The molecule has 0 unspecified atom stereocenters. The van der Waals surface area contributed by atoms with E-state index in [2.05, 4.69) is 5.32 Å². The lowest BCUT2D eigenvalue weighted by atomic mass is 10.2. The van der Waals surface area contributed by atoms with Crippen LogP contribution in [-0.4, -0.2) is 52.5 Å². The van der Waals surface area contributed by atoms with Gasteiger partial charge < -0.3 is 14.8 Å². The molecular formula is C19H23FN2O5S. The second-order valence-corrected chi connectivity index (χ2v) is 8.09. The fourth-order valence-electron chi connectivity index (χ4n) is 2.28. The first-order valence-electron chi connectivity index (χ1n) is 8.61. The number of nitrogens with one attached hydrogen (secondary N) is 1. The molecule has 0 bridgehead atoms. The van der Waals surface area contributed by atoms with Crippen LogP contribution in [0.1, 0.15) is 17.3 Å². The van der Waals surface area contributed by atoms with Gasteiger partial charge in [0.25, 0.3) is 5.91 Å².